The summed E-state index contributed by atoms with van der Waals surface area (Å²) in [4.78, 5) is 27.1. The van der Waals surface area contributed by atoms with Crippen LogP contribution < -0.4 is 10.0 Å². The summed E-state index contributed by atoms with van der Waals surface area (Å²) in [5.74, 6) is -0.698. The summed E-state index contributed by atoms with van der Waals surface area (Å²) < 4.78 is 22.6. The molecule has 1 aromatic rings. The summed E-state index contributed by atoms with van der Waals surface area (Å²) in [7, 11) is -3.88. The molecule has 0 radical (unpaired) electrons. The van der Waals surface area contributed by atoms with Gasteiger partial charge in [-0.15, -0.1) is 0 Å². The number of aromatic nitrogens is 1. The quantitative estimate of drug-likeness (QED) is 0.600. The minimum absolute atomic E-state index is 0.147. The first-order chi connectivity index (χ1) is 9.21. The smallest absolute Gasteiger partial charge is 0.290 e. The number of amides is 1. The van der Waals surface area contributed by atoms with Gasteiger partial charge in [0, 0.05) is 24.7 Å². The highest BCUT2D eigenvalue weighted by Crippen LogP contribution is 2.32. The van der Waals surface area contributed by atoms with E-state index in [2.05, 4.69) is 4.98 Å². The van der Waals surface area contributed by atoms with E-state index in [1.165, 1.54) is 19.2 Å². The second kappa shape index (κ2) is 4.80. The molecule has 20 heavy (non-hydrogen) atoms. The molecule has 1 aliphatic heterocycles. The third-order valence-corrected chi connectivity index (χ3v) is 4.34. The fraction of sp³-hybridized carbons (Fsp3) is 0.400. The molecule has 1 atom stereocenters. The molecule has 1 saturated heterocycles. The number of pyridine rings is 1. The fourth-order valence-electron chi connectivity index (χ4n) is 2.06. The van der Waals surface area contributed by atoms with Crippen LogP contribution in [0.5, 0.6) is 0 Å². The molecule has 1 unspecified atom stereocenters. The van der Waals surface area contributed by atoms with Gasteiger partial charge in [0.05, 0.1) is 4.92 Å². The number of primary sulfonamides is 1. The van der Waals surface area contributed by atoms with E-state index in [1.807, 2.05) is 0 Å². The van der Waals surface area contributed by atoms with Gasteiger partial charge in [-0.3, -0.25) is 19.8 Å². The summed E-state index contributed by atoms with van der Waals surface area (Å²) in [6.45, 7) is 1.29. The molecule has 9 nitrogen and oxygen atoms in total. The van der Waals surface area contributed by atoms with Crippen molar-refractivity contribution in [3.63, 3.8) is 0 Å². The molecule has 1 aliphatic rings. The van der Waals surface area contributed by atoms with Crippen molar-refractivity contribution >= 4 is 27.4 Å². The molecule has 108 valence electrons. The van der Waals surface area contributed by atoms with Crippen molar-refractivity contribution in [1.82, 2.24) is 4.98 Å². The first kappa shape index (κ1) is 14.3. The summed E-state index contributed by atoms with van der Waals surface area (Å²) in [6.07, 6.45) is 1.03. The maximum Gasteiger partial charge on any atom is 0.314 e. The van der Waals surface area contributed by atoms with Gasteiger partial charge in [0.1, 0.15) is 5.25 Å². The number of nitrogens with two attached hydrogens (primary N) is 1. The van der Waals surface area contributed by atoms with Gasteiger partial charge in [0.2, 0.25) is 21.7 Å². The standard InChI is InChI=1S/C10H12N4O5S/c1-6-2-3-12-10(9(6)14(16)17)13-5-7(4-8(13)15)20(11,18)19/h2-3,7H,4-5H2,1H3,(H2,11,18,19). The first-order valence-electron chi connectivity index (χ1n) is 5.63. The number of hydrogen-bond acceptors (Lipinski definition) is 6. The molecule has 1 fully saturated rings. The van der Waals surface area contributed by atoms with Crippen LogP contribution in [-0.4, -0.2) is 36.0 Å². The normalized spacial score (nSPS) is 19.4. The third kappa shape index (κ3) is 2.47. The lowest BCUT2D eigenvalue weighted by molar-refractivity contribution is -0.384. The van der Waals surface area contributed by atoms with Crippen molar-refractivity contribution in [1.29, 1.82) is 0 Å². The van der Waals surface area contributed by atoms with Gasteiger partial charge in [-0.05, 0) is 13.0 Å². The number of aryl methyl sites for hydroxylation is 1. The second-order valence-electron chi connectivity index (χ2n) is 4.48. The number of rotatable bonds is 3. The molecule has 0 bridgehead atoms. The Morgan fingerprint density at radius 3 is 2.70 bits per heavy atom. The van der Waals surface area contributed by atoms with Gasteiger partial charge in [0.15, 0.2) is 0 Å². The zero-order chi connectivity index (χ0) is 15.1. The van der Waals surface area contributed by atoms with E-state index >= 15 is 0 Å². The highest BCUT2D eigenvalue weighted by atomic mass is 32.2. The number of nitro groups is 1. The number of carbonyl (C=O) groups is 1. The number of anilines is 1. The highest BCUT2D eigenvalue weighted by Gasteiger charge is 2.40. The Bertz CT molecular complexity index is 687. The summed E-state index contributed by atoms with van der Waals surface area (Å²) >= 11 is 0. The topological polar surface area (TPSA) is 137 Å². The lowest BCUT2D eigenvalue weighted by atomic mass is 10.2. The van der Waals surface area contributed by atoms with Gasteiger partial charge in [0.25, 0.3) is 0 Å². The van der Waals surface area contributed by atoms with E-state index in [1.54, 1.807) is 0 Å². The number of sulfonamides is 1. The molecule has 0 aliphatic carbocycles. The molecule has 2 heterocycles. The Morgan fingerprint density at radius 1 is 1.55 bits per heavy atom. The van der Waals surface area contributed by atoms with Crippen LogP contribution in [0.2, 0.25) is 0 Å². The van der Waals surface area contributed by atoms with Crippen molar-refractivity contribution in [3.05, 3.63) is 27.9 Å². The third-order valence-electron chi connectivity index (χ3n) is 3.10. The molecular weight excluding hydrogens is 288 g/mol. The number of hydrogen-bond donors (Lipinski definition) is 1. The van der Waals surface area contributed by atoms with Crippen LogP contribution in [0.4, 0.5) is 11.5 Å². The second-order valence-corrected chi connectivity index (χ2v) is 6.32. The van der Waals surface area contributed by atoms with E-state index < -0.39 is 26.1 Å². The zero-order valence-corrected chi connectivity index (χ0v) is 11.3. The molecule has 2 rings (SSSR count). The minimum atomic E-state index is -3.88. The Kier molecular flexibility index (Phi) is 3.44. The molecule has 2 N–H and O–H groups in total. The van der Waals surface area contributed by atoms with Crippen LogP contribution in [0.1, 0.15) is 12.0 Å². The van der Waals surface area contributed by atoms with Crippen LogP contribution in [-0.2, 0) is 14.8 Å². The molecule has 10 heteroatoms. The van der Waals surface area contributed by atoms with Crippen molar-refractivity contribution < 1.29 is 18.1 Å². The maximum atomic E-state index is 11.9. The van der Waals surface area contributed by atoms with E-state index in [-0.39, 0.29) is 24.5 Å². The van der Waals surface area contributed by atoms with Crippen LogP contribution in [0.15, 0.2) is 12.3 Å². The lowest BCUT2D eigenvalue weighted by Crippen LogP contribution is -2.32. The Balaban J connectivity index is 2.46. The molecule has 1 amide bonds. The first-order valence-corrected chi connectivity index (χ1v) is 7.24. The summed E-state index contributed by atoms with van der Waals surface area (Å²) in [5, 5.41) is 15.0. The van der Waals surface area contributed by atoms with Crippen molar-refractivity contribution in [2.75, 3.05) is 11.4 Å². The average Bonchev–Trinajstić information content (AvgIpc) is 2.70. The Labute approximate surface area is 114 Å². The largest absolute Gasteiger partial charge is 0.314 e. The van der Waals surface area contributed by atoms with Crippen LogP contribution in [0.3, 0.4) is 0 Å². The van der Waals surface area contributed by atoms with E-state index in [9.17, 15) is 23.3 Å². The van der Waals surface area contributed by atoms with E-state index in [0.29, 0.717) is 5.56 Å². The van der Waals surface area contributed by atoms with Crippen molar-refractivity contribution in [2.24, 2.45) is 5.14 Å². The molecule has 0 aromatic carbocycles. The SMILES string of the molecule is Cc1ccnc(N2CC(S(N)(=O)=O)CC2=O)c1[N+](=O)[O-]. The minimum Gasteiger partial charge on any atom is -0.290 e. The molecular formula is C10H12N4O5S. The predicted molar refractivity (Wildman–Crippen MR) is 69.5 cm³/mol. The molecule has 0 saturated carbocycles. The molecule has 1 aromatic heterocycles. The Morgan fingerprint density at radius 2 is 2.20 bits per heavy atom. The van der Waals surface area contributed by atoms with Crippen LogP contribution in [0.25, 0.3) is 0 Å². The molecule has 0 spiro atoms. The van der Waals surface area contributed by atoms with Gasteiger partial charge < -0.3 is 0 Å². The monoisotopic (exact) mass is 300 g/mol. The van der Waals surface area contributed by atoms with E-state index in [0.717, 1.165) is 4.90 Å². The van der Waals surface area contributed by atoms with Crippen LogP contribution in [0, 0.1) is 17.0 Å². The zero-order valence-electron chi connectivity index (χ0n) is 10.5. The summed E-state index contributed by atoms with van der Waals surface area (Å²) in [5.41, 5.74) is 0.0303. The van der Waals surface area contributed by atoms with Crippen LogP contribution >= 0.6 is 0 Å². The van der Waals surface area contributed by atoms with Gasteiger partial charge in [-0.25, -0.2) is 18.5 Å². The lowest BCUT2D eigenvalue weighted by Gasteiger charge is -2.15. The Hall–Kier alpha value is -2.07. The van der Waals surface area contributed by atoms with Crippen molar-refractivity contribution in [2.45, 2.75) is 18.6 Å². The number of carbonyl (C=O) groups excluding carboxylic acids is 1. The van der Waals surface area contributed by atoms with E-state index in [4.69, 9.17) is 5.14 Å². The summed E-state index contributed by atoms with van der Waals surface area (Å²) in [6, 6.07) is 1.44. The van der Waals surface area contributed by atoms with Gasteiger partial charge in [-0.1, -0.05) is 0 Å². The van der Waals surface area contributed by atoms with Gasteiger partial charge >= 0.3 is 5.69 Å². The fourth-order valence-corrected chi connectivity index (χ4v) is 2.79. The maximum absolute atomic E-state index is 11.9. The highest BCUT2D eigenvalue weighted by molar-refractivity contribution is 7.89. The average molecular weight is 300 g/mol. The van der Waals surface area contributed by atoms with Crippen molar-refractivity contribution in [3.8, 4) is 0 Å². The predicted octanol–water partition coefficient (Wildman–Crippen LogP) is -0.308. The van der Waals surface area contributed by atoms with Gasteiger partial charge in [-0.2, -0.15) is 0 Å². The number of nitrogens with zero attached hydrogens (tertiary/aromatic N) is 3.